The van der Waals surface area contributed by atoms with Gasteiger partial charge in [0.05, 0.1) is 0 Å². The van der Waals surface area contributed by atoms with Crippen molar-refractivity contribution in [3.8, 4) is 5.75 Å². The fraction of sp³-hybridized carbons (Fsp3) is 0.150. The van der Waals surface area contributed by atoms with Crippen LogP contribution in [0.1, 0.15) is 19.4 Å². The zero-order valence-electron chi connectivity index (χ0n) is 14.7. The third kappa shape index (κ3) is 3.36. The van der Waals surface area contributed by atoms with Crippen LogP contribution < -0.4 is 9.50 Å². The van der Waals surface area contributed by atoms with E-state index in [1.807, 2.05) is 38.1 Å². The molecule has 0 atom stereocenters. The average Bonchev–Trinajstić information content (AvgIpc) is 2.61. The second-order valence-electron chi connectivity index (χ2n) is 6.78. The number of rotatable bonds is 3. The fourth-order valence-corrected chi connectivity index (χ4v) is 4.38. The smallest absolute Gasteiger partial charge is 0.339 e. The van der Waals surface area contributed by atoms with E-state index in [2.05, 4.69) is 5.32 Å². The predicted molar refractivity (Wildman–Crippen MR) is 109 cm³/mol. The lowest BCUT2D eigenvalue weighted by molar-refractivity contribution is 0.0945. The minimum Gasteiger partial charge on any atom is -0.460 e. The quantitative estimate of drug-likeness (QED) is 0.514. The molecule has 0 aliphatic carbocycles. The maximum absolute atomic E-state index is 12.7. The number of thiocarbonyl (C=S) groups is 1. The molecule has 0 saturated carbocycles. The van der Waals surface area contributed by atoms with Gasteiger partial charge < -0.3 is 14.2 Å². The number of fused-ring (bicyclic) bond motifs is 2. The number of anilines is 1. The van der Waals surface area contributed by atoms with Crippen molar-refractivity contribution in [1.82, 2.24) is 0 Å². The van der Waals surface area contributed by atoms with E-state index in [0.29, 0.717) is 0 Å². The van der Waals surface area contributed by atoms with Gasteiger partial charge in [0, 0.05) is 11.3 Å². The first-order valence-corrected chi connectivity index (χ1v) is 10.1. The van der Waals surface area contributed by atoms with Gasteiger partial charge in [-0.15, -0.1) is 0 Å². The Labute approximate surface area is 163 Å². The Morgan fingerprint density at radius 1 is 1.00 bits per heavy atom. The normalized spacial score (nSPS) is 15.6. The number of nitrogens with one attached hydrogen (secondary N) is 1. The van der Waals surface area contributed by atoms with Crippen LogP contribution in [-0.2, 0) is 20.5 Å². The first kappa shape index (κ1) is 17.8. The molecule has 0 amide bonds. The Morgan fingerprint density at radius 3 is 2.52 bits per heavy atom. The molecule has 1 aliphatic rings. The van der Waals surface area contributed by atoms with Gasteiger partial charge in [-0.1, -0.05) is 30.3 Å². The van der Waals surface area contributed by atoms with Gasteiger partial charge >= 0.3 is 10.1 Å². The molecule has 4 rings (SSSR count). The van der Waals surface area contributed by atoms with Crippen molar-refractivity contribution in [2.45, 2.75) is 24.3 Å². The SMILES string of the molecule is CC1(C)OC(=S)Nc2ccc(OS(=O)(=O)c3ccc4ccccc4c3)cc21. The zero-order chi connectivity index (χ0) is 19.2. The van der Waals surface area contributed by atoms with Gasteiger partial charge in [0.15, 0.2) is 0 Å². The summed E-state index contributed by atoms with van der Waals surface area (Å²) in [5, 5.41) is 5.04. The molecule has 7 heteroatoms. The Balaban J connectivity index is 1.69. The summed E-state index contributed by atoms with van der Waals surface area (Å²) in [6.07, 6.45) is 0. The summed E-state index contributed by atoms with van der Waals surface area (Å²) in [6, 6.07) is 17.5. The standard InChI is InChI=1S/C20H17NO4S2/c1-20(2)17-12-15(8-10-18(17)21-19(26)24-20)25-27(22,23)16-9-7-13-5-3-4-6-14(13)11-16/h3-12H,1-2H3,(H,21,26). The van der Waals surface area contributed by atoms with Crippen LogP contribution in [0, 0.1) is 0 Å². The van der Waals surface area contributed by atoms with E-state index in [9.17, 15) is 8.42 Å². The summed E-state index contributed by atoms with van der Waals surface area (Å²) in [6.45, 7) is 3.72. The summed E-state index contributed by atoms with van der Waals surface area (Å²) in [5.74, 6) is 0.216. The Hall–Kier alpha value is -2.64. The van der Waals surface area contributed by atoms with Gasteiger partial charge in [0.25, 0.3) is 5.17 Å². The minimum atomic E-state index is -3.97. The lowest BCUT2D eigenvalue weighted by Crippen LogP contribution is -2.34. The summed E-state index contributed by atoms with van der Waals surface area (Å²) in [5.41, 5.74) is 0.845. The molecule has 5 nitrogen and oxygen atoms in total. The molecule has 1 aliphatic heterocycles. The first-order chi connectivity index (χ1) is 12.7. The second kappa shape index (κ2) is 6.21. The number of ether oxygens (including phenoxy) is 1. The number of benzene rings is 3. The molecule has 0 saturated heterocycles. The van der Waals surface area contributed by atoms with E-state index in [1.54, 1.807) is 36.4 Å². The molecular weight excluding hydrogens is 382 g/mol. The Kier molecular flexibility index (Phi) is 4.09. The summed E-state index contributed by atoms with van der Waals surface area (Å²) >= 11 is 5.09. The van der Waals surface area contributed by atoms with Crippen molar-refractivity contribution < 1.29 is 17.3 Å². The van der Waals surface area contributed by atoms with Crippen molar-refractivity contribution >= 4 is 44.0 Å². The van der Waals surface area contributed by atoms with E-state index < -0.39 is 15.7 Å². The third-order valence-corrected chi connectivity index (χ3v) is 5.87. The molecule has 3 aromatic rings. The molecule has 3 aromatic carbocycles. The maximum atomic E-state index is 12.7. The van der Waals surface area contributed by atoms with Crippen LogP contribution in [0.5, 0.6) is 5.75 Å². The molecule has 0 spiro atoms. The first-order valence-electron chi connectivity index (χ1n) is 8.32. The van der Waals surface area contributed by atoms with Crippen LogP contribution in [0.15, 0.2) is 65.6 Å². The third-order valence-electron chi connectivity index (χ3n) is 4.44. The van der Waals surface area contributed by atoms with Crippen molar-refractivity contribution in [3.63, 3.8) is 0 Å². The molecular formula is C20H17NO4S2. The highest BCUT2D eigenvalue weighted by Gasteiger charge is 2.32. The van der Waals surface area contributed by atoms with Crippen LogP contribution in [-0.4, -0.2) is 13.6 Å². The van der Waals surface area contributed by atoms with E-state index in [-0.39, 0.29) is 15.8 Å². The number of hydrogen-bond acceptors (Lipinski definition) is 5. The molecule has 1 N–H and O–H groups in total. The number of hydrogen-bond donors (Lipinski definition) is 1. The van der Waals surface area contributed by atoms with Gasteiger partial charge in [0.1, 0.15) is 16.2 Å². The minimum absolute atomic E-state index is 0.105. The highest BCUT2D eigenvalue weighted by Crippen LogP contribution is 2.38. The van der Waals surface area contributed by atoms with Gasteiger partial charge in [-0.2, -0.15) is 8.42 Å². The summed E-state index contributed by atoms with van der Waals surface area (Å²) in [7, 11) is -3.97. The second-order valence-corrected chi connectivity index (χ2v) is 8.70. The predicted octanol–water partition coefficient (Wildman–Crippen LogP) is 4.57. The highest BCUT2D eigenvalue weighted by molar-refractivity contribution is 7.87. The van der Waals surface area contributed by atoms with Crippen LogP contribution in [0.25, 0.3) is 10.8 Å². The molecule has 0 fully saturated rings. The summed E-state index contributed by atoms with van der Waals surface area (Å²) < 4.78 is 36.5. The van der Waals surface area contributed by atoms with Crippen LogP contribution in [0.4, 0.5) is 5.69 Å². The topological polar surface area (TPSA) is 64.6 Å². The van der Waals surface area contributed by atoms with Crippen molar-refractivity contribution in [2.75, 3.05) is 5.32 Å². The Morgan fingerprint density at radius 2 is 1.74 bits per heavy atom. The largest absolute Gasteiger partial charge is 0.460 e. The molecule has 138 valence electrons. The molecule has 0 radical (unpaired) electrons. The van der Waals surface area contributed by atoms with Crippen LogP contribution >= 0.6 is 12.2 Å². The van der Waals surface area contributed by atoms with Crippen molar-refractivity contribution in [3.05, 3.63) is 66.2 Å². The maximum Gasteiger partial charge on any atom is 0.339 e. The van der Waals surface area contributed by atoms with E-state index in [1.165, 1.54) is 0 Å². The molecule has 1 heterocycles. The lowest BCUT2D eigenvalue weighted by Gasteiger charge is -2.34. The van der Waals surface area contributed by atoms with E-state index in [0.717, 1.165) is 22.0 Å². The molecule has 0 bridgehead atoms. The zero-order valence-corrected chi connectivity index (χ0v) is 16.4. The van der Waals surface area contributed by atoms with Crippen molar-refractivity contribution in [2.24, 2.45) is 0 Å². The monoisotopic (exact) mass is 399 g/mol. The van der Waals surface area contributed by atoms with E-state index in [4.69, 9.17) is 21.1 Å². The van der Waals surface area contributed by atoms with Crippen molar-refractivity contribution in [1.29, 1.82) is 0 Å². The van der Waals surface area contributed by atoms with Crippen LogP contribution in [0.3, 0.4) is 0 Å². The average molecular weight is 399 g/mol. The molecule has 0 aromatic heterocycles. The molecule has 0 unspecified atom stereocenters. The fourth-order valence-electron chi connectivity index (χ4n) is 3.10. The van der Waals surface area contributed by atoms with E-state index >= 15 is 0 Å². The van der Waals surface area contributed by atoms with Crippen LogP contribution in [0.2, 0.25) is 0 Å². The van der Waals surface area contributed by atoms with Gasteiger partial charge in [-0.25, -0.2) is 0 Å². The summed E-state index contributed by atoms with van der Waals surface area (Å²) in [4.78, 5) is 0.105. The van der Waals surface area contributed by atoms with Gasteiger partial charge in [-0.3, -0.25) is 0 Å². The lowest BCUT2D eigenvalue weighted by atomic mass is 9.95. The highest BCUT2D eigenvalue weighted by atomic mass is 32.2. The Bertz CT molecular complexity index is 1170. The molecule has 27 heavy (non-hydrogen) atoms. The van der Waals surface area contributed by atoms with Gasteiger partial charge in [0.2, 0.25) is 0 Å². The van der Waals surface area contributed by atoms with Gasteiger partial charge in [-0.05, 0) is 67.2 Å².